The van der Waals surface area contributed by atoms with Gasteiger partial charge in [-0.1, -0.05) is 36.4 Å². The minimum Gasteiger partial charge on any atom is -0.276 e. The number of nitrogens with zero attached hydrogens (tertiary/aromatic N) is 1. The van der Waals surface area contributed by atoms with Gasteiger partial charge in [-0.25, -0.2) is 16.8 Å². The predicted octanol–water partition coefficient (Wildman–Crippen LogP) is 4.24. The third-order valence-corrected chi connectivity index (χ3v) is 9.55. The second kappa shape index (κ2) is 7.25. The lowest BCUT2D eigenvalue weighted by Crippen LogP contribution is -2.13. The Bertz CT molecular complexity index is 1410. The van der Waals surface area contributed by atoms with E-state index in [0.29, 0.717) is 28.1 Å². The molecular formula is C20H16N2O4S3. The second-order valence-electron chi connectivity index (χ2n) is 6.33. The summed E-state index contributed by atoms with van der Waals surface area (Å²) >= 11 is 0.713. The number of aromatic nitrogens is 1. The van der Waals surface area contributed by atoms with E-state index >= 15 is 0 Å². The SMILES string of the molecule is Cc1ccc2cccnc2c1NS(=O)(=O)c1ccc(S(=O)(=O)c2ccccc2)s1. The van der Waals surface area contributed by atoms with Gasteiger partial charge in [0.25, 0.3) is 10.0 Å². The fourth-order valence-corrected chi connectivity index (χ4v) is 7.20. The number of pyridine rings is 1. The molecule has 0 atom stereocenters. The van der Waals surface area contributed by atoms with Crippen molar-refractivity contribution >= 4 is 47.8 Å². The molecule has 148 valence electrons. The van der Waals surface area contributed by atoms with Crippen LogP contribution >= 0.6 is 11.3 Å². The summed E-state index contributed by atoms with van der Waals surface area (Å²) in [4.78, 5) is 4.40. The van der Waals surface area contributed by atoms with E-state index in [1.54, 1.807) is 37.4 Å². The van der Waals surface area contributed by atoms with Crippen LogP contribution in [0.1, 0.15) is 5.56 Å². The second-order valence-corrected chi connectivity index (χ2v) is 11.5. The lowest BCUT2D eigenvalue weighted by Gasteiger charge is -2.11. The highest BCUT2D eigenvalue weighted by molar-refractivity contribution is 7.96. The molecule has 0 aliphatic carbocycles. The van der Waals surface area contributed by atoms with Crippen molar-refractivity contribution in [2.75, 3.05) is 4.72 Å². The third kappa shape index (κ3) is 3.64. The van der Waals surface area contributed by atoms with Crippen molar-refractivity contribution in [2.45, 2.75) is 20.2 Å². The van der Waals surface area contributed by atoms with Crippen molar-refractivity contribution in [1.29, 1.82) is 0 Å². The summed E-state index contributed by atoms with van der Waals surface area (Å²) < 4.78 is 53.9. The van der Waals surface area contributed by atoms with Crippen LogP contribution in [0, 0.1) is 6.92 Å². The van der Waals surface area contributed by atoms with E-state index in [0.717, 1.165) is 5.39 Å². The highest BCUT2D eigenvalue weighted by Crippen LogP contribution is 2.33. The van der Waals surface area contributed by atoms with Crippen LogP contribution in [0.2, 0.25) is 0 Å². The quantitative estimate of drug-likeness (QED) is 0.497. The number of nitrogens with one attached hydrogen (secondary N) is 1. The van der Waals surface area contributed by atoms with Crippen molar-refractivity contribution in [3.05, 3.63) is 78.5 Å². The summed E-state index contributed by atoms with van der Waals surface area (Å²) in [5.41, 5.74) is 1.63. The molecule has 4 rings (SSSR count). The van der Waals surface area contributed by atoms with Gasteiger partial charge in [0.1, 0.15) is 8.42 Å². The van der Waals surface area contributed by atoms with E-state index < -0.39 is 19.9 Å². The number of fused-ring (bicyclic) bond motifs is 1. The smallest absolute Gasteiger partial charge is 0.271 e. The van der Waals surface area contributed by atoms with Crippen molar-refractivity contribution in [3.8, 4) is 0 Å². The van der Waals surface area contributed by atoms with E-state index in [1.165, 1.54) is 24.3 Å². The predicted molar refractivity (Wildman–Crippen MR) is 114 cm³/mol. The number of sulfone groups is 1. The molecule has 2 aromatic carbocycles. The van der Waals surface area contributed by atoms with Crippen LogP contribution in [0.5, 0.6) is 0 Å². The Morgan fingerprint density at radius 1 is 0.828 bits per heavy atom. The lowest BCUT2D eigenvalue weighted by molar-refractivity contribution is 0.597. The average Bonchev–Trinajstić information content (AvgIpc) is 3.23. The van der Waals surface area contributed by atoms with Gasteiger partial charge >= 0.3 is 0 Å². The summed E-state index contributed by atoms with van der Waals surface area (Å²) in [6.45, 7) is 1.78. The normalized spacial score (nSPS) is 12.2. The number of aryl methyl sites for hydroxylation is 1. The topological polar surface area (TPSA) is 93.2 Å². The van der Waals surface area contributed by atoms with Gasteiger partial charge < -0.3 is 0 Å². The van der Waals surface area contributed by atoms with Gasteiger partial charge in [-0.05, 0) is 42.8 Å². The summed E-state index contributed by atoms with van der Waals surface area (Å²) in [5.74, 6) is 0. The molecule has 2 heterocycles. The van der Waals surface area contributed by atoms with Gasteiger partial charge in [-0.3, -0.25) is 9.71 Å². The molecule has 0 amide bonds. The highest BCUT2D eigenvalue weighted by Gasteiger charge is 2.25. The van der Waals surface area contributed by atoms with Gasteiger partial charge in [0, 0.05) is 11.6 Å². The first-order valence-corrected chi connectivity index (χ1v) is 12.3. The summed E-state index contributed by atoms with van der Waals surface area (Å²) in [5, 5.41) is 0.800. The van der Waals surface area contributed by atoms with Crippen LogP contribution in [0.25, 0.3) is 10.9 Å². The maximum atomic E-state index is 13.0. The zero-order valence-electron chi connectivity index (χ0n) is 15.2. The van der Waals surface area contributed by atoms with Gasteiger partial charge in [-0.2, -0.15) is 0 Å². The molecule has 0 aliphatic rings. The Labute approximate surface area is 172 Å². The number of benzene rings is 2. The summed E-state index contributed by atoms with van der Waals surface area (Å²) in [7, 11) is -7.77. The fraction of sp³-hybridized carbons (Fsp3) is 0.0500. The number of thiophene rings is 1. The maximum absolute atomic E-state index is 13.0. The molecule has 1 N–H and O–H groups in total. The Kier molecular flexibility index (Phi) is 4.89. The fourth-order valence-electron chi connectivity index (χ4n) is 2.87. The Hall–Kier alpha value is -2.75. The van der Waals surface area contributed by atoms with Gasteiger partial charge in [0.2, 0.25) is 9.84 Å². The number of anilines is 1. The van der Waals surface area contributed by atoms with Crippen molar-refractivity contribution in [3.63, 3.8) is 0 Å². The number of sulfonamides is 1. The van der Waals surface area contributed by atoms with E-state index in [4.69, 9.17) is 0 Å². The molecule has 29 heavy (non-hydrogen) atoms. The van der Waals surface area contributed by atoms with Gasteiger partial charge in [-0.15, -0.1) is 11.3 Å². The molecule has 6 nitrogen and oxygen atoms in total. The van der Waals surface area contributed by atoms with E-state index in [2.05, 4.69) is 9.71 Å². The highest BCUT2D eigenvalue weighted by atomic mass is 32.3. The first-order chi connectivity index (χ1) is 13.8. The van der Waals surface area contributed by atoms with Crippen LogP contribution in [0.15, 0.2) is 86.2 Å². The zero-order chi connectivity index (χ0) is 20.6. The van der Waals surface area contributed by atoms with Crippen LogP contribution in [0.4, 0.5) is 5.69 Å². The Balaban J connectivity index is 1.73. The number of hydrogen-bond donors (Lipinski definition) is 1. The van der Waals surface area contributed by atoms with Gasteiger partial charge in [0.05, 0.1) is 16.1 Å². The number of rotatable bonds is 5. The third-order valence-electron chi connectivity index (χ3n) is 4.36. The lowest BCUT2D eigenvalue weighted by atomic mass is 10.1. The largest absolute Gasteiger partial charge is 0.276 e. The molecule has 0 fully saturated rings. The minimum absolute atomic E-state index is 0.0307. The van der Waals surface area contributed by atoms with E-state index in [9.17, 15) is 16.8 Å². The first kappa shape index (κ1) is 19.6. The monoisotopic (exact) mass is 444 g/mol. The molecule has 0 unspecified atom stereocenters. The van der Waals surface area contributed by atoms with Crippen molar-refractivity contribution in [2.24, 2.45) is 0 Å². The molecule has 4 aromatic rings. The van der Waals surface area contributed by atoms with Crippen LogP contribution in [-0.2, 0) is 19.9 Å². The molecule has 0 aliphatic heterocycles. The summed E-state index contributed by atoms with van der Waals surface area (Å²) in [6, 6.07) is 17.8. The molecule has 0 radical (unpaired) electrons. The average molecular weight is 445 g/mol. The molecular weight excluding hydrogens is 428 g/mol. The minimum atomic E-state index is -3.98. The Morgan fingerprint density at radius 3 is 2.31 bits per heavy atom. The maximum Gasteiger partial charge on any atom is 0.271 e. The standard InChI is InChI=1S/C20H16N2O4S3/c1-14-9-10-15-6-5-13-21-20(15)19(14)22-29(25,26)18-12-11-17(27-18)28(23,24)16-7-3-2-4-8-16/h2-13,22H,1H3. The number of hydrogen-bond acceptors (Lipinski definition) is 6. The van der Waals surface area contributed by atoms with E-state index in [1.807, 2.05) is 18.2 Å². The molecule has 0 saturated carbocycles. The van der Waals surface area contributed by atoms with Gasteiger partial charge in [0.15, 0.2) is 0 Å². The van der Waals surface area contributed by atoms with Crippen molar-refractivity contribution in [1.82, 2.24) is 4.98 Å². The van der Waals surface area contributed by atoms with Crippen LogP contribution < -0.4 is 4.72 Å². The van der Waals surface area contributed by atoms with Crippen LogP contribution in [-0.4, -0.2) is 21.8 Å². The molecule has 0 spiro atoms. The first-order valence-electron chi connectivity index (χ1n) is 8.56. The Morgan fingerprint density at radius 2 is 1.55 bits per heavy atom. The zero-order valence-corrected chi connectivity index (χ0v) is 17.7. The molecule has 2 aromatic heterocycles. The molecule has 0 saturated heterocycles. The van der Waals surface area contributed by atoms with Crippen LogP contribution in [0.3, 0.4) is 0 Å². The van der Waals surface area contributed by atoms with E-state index in [-0.39, 0.29) is 13.3 Å². The van der Waals surface area contributed by atoms with Crippen molar-refractivity contribution < 1.29 is 16.8 Å². The molecule has 9 heteroatoms. The summed E-state index contributed by atoms with van der Waals surface area (Å²) in [6.07, 6.45) is 1.59. The molecule has 0 bridgehead atoms.